The minimum absolute atomic E-state index is 0.102. The Balaban J connectivity index is 1.35. The van der Waals surface area contributed by atoms with Gasteiger partial charge in [-0.2, -0.15) is 0 Å². The Morgan fingerprint density at radius 2 is 1.79 bits per heavy atom. The molecule has 5 rings (SSSR count). The molecule has 1 aromatic heterocycles. The molecule has 2 aliphatic rings. The van der Waals surface area contributed by atoms with E-state index in [0.29, 0.717) is 45.6 Å². The van der Waals surface area contributed by atoms with E-state index >= 15 is 0 Å². The Morgan fingerprint density at radius 1 is 1.06 bits per heavy atom. The van der Waals surface area contributed by atoms with Crippen molar-refractivity contribution in [1.82, 2.24) is 19.8 Å². The summed E-state index contributed by atoms with van der Waals surface area (Å²) in [5, 5.41) is 0. The van der Waals surface area contributed by atoms with Crippen molar-refractivity contribution in [2.75, 3.05) is 26.2 Å². The van der Waals surface area contributed by atoms with E-state index in [1.807, 2.05) is 19.1 Å². The number of aromatic amines is 1. The van der Waals surface area contributed by atoms with Gasteiger partial charge in [-0.3, -0.25) is 0 Å². The maximum absolute atomic E-state index is 13.2. The highest BCUT2D eigenvalue weighted by molar-refractivity contribution is 5.75. The van der Waals surface area contributed by atoms with Gasteiger partial charge in [0, 0.05) is 42.5 Å². The lowest BCUT2D eigenvalue weighted by molar-refractivity contribution is 0.0374. The van der Waals surface area contributed by atoms with Gasteiger partial charge in [0.25, 0.3) is 0 Å². The average Bonchev–Trinajstić information content (AvgIpc) is 3.30. The number of aryl methyl sites for hydroxylation is 1. The molecule has 0 atom stereocenters. The number of alkyl halides is 2. The van der Waals surface area contributed by atoms with Gasteiger partial charge in [-0.05, 0) is 48.6 Å². The summed E-state index contributed by atoms with van der Waals surface area (Å²) in [4.78, 5) is 24.1. The number of nitrogens with one attached hydrogen (secondary N) is 1. The van der Waals surface area contributed by atoms with Gasteiger partial charge >= 0.3 is 6.03 Å². The smallest absolute Gasteiger partial charge is 0.320 e. The molecule has 0 spiro atoms. The molecule has 2 aromatic carbocycles. The van der Waals surface area contributed by atoms with Gasteiger partial charge in [0.2, 0.25) is 6.43 Å². The number of imidazole rings is 1. The Kier molecular flexibility index (Phi) is 6.22. The van der Waals surface area contributed by atoms with Crippen LogP contribution in [0.1, 0.15) is 24.0 Å². The molecule has 1 fully saturated rings. The second-order valence-corrected chi connectivity index (χ2v) is 9.01. The number of urea groups is 1. The number of H-pyrrole nitrogens is 1. The number of rotatable bonds is 3. The number of halogens is 2. The van der Waals surface area contributed by atoms with Crippen LogP contribution >= 0.6 is 0 Å². The van der Waals surface area contributed by atoms with Gasteiger partial charge in [-0.15, -0.1) is 0 Å². The summed E-state index contributed by atoms with van der Waals surface area (Å²) in [6.45, 7) is 4.08. The number of ether oxygens (including phenoxy) is 1. The van der Waals surface area contributed by atoms with Crippen LogP contribution in [0.15, 0.2) is 48.8 Å². The van der Waals surface area contributed by atoms with Crippen molar-refractivity contribution in [2.24, 2.45) is 5.92 Å². The first kappa shape index (κ1) is 22.4. The first-order chi connectivity index (χ1) is 16.5. The minimum Gasteiger partial charge on any atom is -0.491 e. The number of likely N-dealkylation sites (tertiary alicyclic amines) is 1. The lowest BCUT2D eigenvalue weighted by Gasteiger charge is -2.35. The molecule has 3 aromatic rings. The molecule has 0 radical (unpaired) electrons. The second-order valence-electron chi connectivity index (χ2n) is 9.01. The molecule has 8 heteroatoms. The van der Waals surface area contributed by atoms with Crippen molar-refractivity contribution < 1.29 is 18.3 Å². The van der Waals surface area contributed by atoms with Gasteiger partial charge in [-0.1, -0.05) is 24.3 Å². The predicted octanol–water partition coefficient (Wildman–Crippen LogP) is 5.34. The van der Waals surface area contributed by atoms with E-state index in [9.17, 15) is 13.6 Å². The largest absolute Gasteiger partial charge is 0.491 e. The van der Waals surface area contributed by atoms with Crippen LogP contribution in [0.2, 0.25) is 0 Å². The first-order valence-corrected chi connectivity index (χ1v) is 11.7. The van der Waals surface area contributed by atoms with E-state index in [1.165, 1.54) is 0 Å². The fourth-order valence-electron chi connectivity index (χ4n) is 4.83. The van der Waals surface area contributed by atoms with Crippen LogP contribution < -0.4 is 4.74 Å². The number of fused-ring (bicyclic) bond motifs is 1. The fraction of sp³-hybridized carbons (Fsp3) is 0.385. The number of amides is 2. The van der Waals surface area contributed by atoms with Crippen LogP contribution in [0.25, 0.3) is 22.5 Å². The normalized spacial score (nSPS) is 16.8. The van der Waals surface area contributed by atoms with Crippen LogP contribution in [-0.4, -0.2) is 58.5 Å². The summed E-state index contributed by atoms with van der Waals surface area (Å²) in [7, 11) is 0. The highest BCUT2D eigenvalue weighted by Gasteiger charge is 2.31. The fourth-order valence-corrected chi connectivity index (χ4v) is 4.83. The third-order valence-electron chi connectivity index (χ3n) is 6.75. The zero-order valence-electron chi connectivity index (χ0n) is 19.1. The molecular weight excluding hydrogens is 438 g/mol. The molecule has 178 valence electrons. The van der Waals surface area contributed by atoms with Crippen LogP contribution in [0.5, 0.6) is 5.75 Å². The summed E-state index contributed by atoms with van der Waals surface area (Å²) in [6, 6.07) is 12.3. The Morgan fingerprint density at radius 3 is 2.47 bits per heavy atom. The van der Waals surface area contributed by atoms with Crippen molar-refractivity contribution in [3.8, 4) is 28.3 Å². The number of hydrogen-bond donors (Lipinski definition) is 1. The van der Waals surface area contributed by atoms with Gasteiger partial charge < -0.3 is 19.5 Å². The number of benzene rings is 2. The van der Waals surface area contributed by atoms with Crippen molar-refractivity contribution in [3.05, 3.63) is 59.9 Å². The molecule has 2 amide bonds. The summed E-state index contributed by atoms with van der Waals surface area (Å²) in [5.41, 5.74) is 5.11. The minimum atomic E-state index is -2.31. The Labute approximate surface area is 197 Å². The maximum atomic E-state index is 13.2. The van der Waals surface area contributed by atoms with Gasteiger partial charge in [0.1, 0.15) is 18.2 Å². The molecule has 6 nitrogen and oxygen atoms in total. The van der Waals surface area contributed by atoms with Crippen molar-refractivity contribution in [1.29, 1.82) is 0 Å². The third kappa shape index (κ3) is 4.49. The summed E-state index contributed by atoms with van der Waals surface area (Å²) in [5.74, 6) is 1.04. The van der Waals surface area contributed by atoms with E-state index in [-0.39, 0.29) is 6.03 Å². The number of aromatic nitrogens is 2. The van der Waals surface area contributed by atoms with Gasteiger partial charge in [0.05, 0.1) is 13.1 Å². The first-order valence-electron chi connectivity index (χ1n) is 11.7. The summed E-state index contributed by atoms with van der Waals surface area (Å²) in [6.07, 6.45) is 1.91. The topological polar surface area (TPSA) is 61.5 Å². The predicted molar refractivity (Wildman–Crippen MR) is 126 cm³/mol. The highest BCUT2D eigenvalue weighted by Crippen LogP contribution is 2.34. The number of carbonyl (C=O) groups is 1. The van der Waals surface area contributed by atoms with E-state index < -0.39 is 12.3 Å². The highest BCUT2D eigenvalue weighted by atomic mass is 19.3. The number of hydrogen-bond acceptors (Lipinski definition) is 3. The molecule has 34 heavy (non-hydrogen) atoms. The van der Waals surface area contributed by atoms with Crippen LogP contribution in [0.3, 0.4) is 0 Å². The lowest BCUT2D eigenvalue weighted by atomic mass is 9.97. The molecule has 0 aliphatic carbocycles. The van der Waals surface area contributed by atoms with Crippen LogP contribution in [-0.2, 0) is 6.54 Å². The SMILES string of the molecule is Cc1cc(-c2ccc(-c3ncc[nH]3)cc2)cc2c1OCCN(C(=O)N1CCC(C(F)F)CC1)C2. The number of piperidine rings is 1. The van der Waals surface area contributed by atoms with Gasteiger partial charge in [-0.25, -0.2) is 18.6 Å². The monoisotopic (exact) mass is 466 g/mol. The Bertz CT molecular complexity index is 1140. The molecule has 1 saturated heterocycles. The number of nitrogens with zero attached hydrogens (tertiary/aromatic N) is 3. The molecular formula is C26H28F2N4O2. The zero-order chi connectivity index (χ0) is 23.7. The molecule has 2 aliphatic heterocycles. The maximum Gasteiger partial charge on any atom is 0.320 e. The van der Waals surface area contributed by atoms with Crippen LogP contribution in [0.4, 0.5) is 13.6 Å². The second kappa shape index (κ2) is 9.44. The Hall–Kier alpha value is -3.42. The lowest BCUT2D eigenvalue weighted by Crippen LogP contribution is -2.47. The molecule has 1 N–H and O–H groups in total. The standard InChI is InChI=1S/C26H28F2N4O2/c1-17-14-21(18-2-4-20(5-3-18)25-29-8-9-30-25)15-22-16-32(12-13-34-23(17)22)26(33)31-10-6-19(7-11-31)24(27)28/h2-5,8-9,14-15,19,24H,6-7,10-13,16H2,1H3,(H,29,30). The number of carbonyl (C=O) groups excluding carboxylic acids is 1. The van der Waals surface area contributed by atoms with Crippen LogP contribution in [0, 0.1) is 12.8 Å². The van der Waals surface area contributed by atoms with E-state index in [4.69, 9.17) is 4.74 Å². The summed E-state index contributed by atoms with van der Waals surface area (Å²) < 4.78 is 32.0. The zero-order valence-corrected chi connectivity index (χ0v) is 19.1. The molecule has 0 unspecified atom stereocenters. The molecule has 0 bridgehead atoms. The molecule has 0 saturated carbocycles. The van der Waals surface area contributed by atoms with E-state index in [2.05, 4.69) is 34.2 Å². The van der Waals surface area contributed by atoms with Gasteiger partial charge in [0.15, 0.2) is 0 Å². The average molecular weight is 467 g/mol. The summed E-state index contributed by atoms with van der Waals surface area (Å²) >= 11 is 0. The van der Waals surface area contributed by atoms with Crippen molar-refractivity contribution in [2.45, 2.75) is 32.7 Å². The van der Waals surface area contributed by atoms with Crippen molar-refractivity contribution in [3.63, 3.8) is 0 Å². The quantitative estimate of drug-likeness (QED) is 0.567. The van der Waals surface area contributed by atoms with E-state index in [0.717, 1.165) is 39.4 Å². The van der Waals surface area contributed by atoms with Crippen molar-refractivity contribution >= 4 is 6.03 Å². The third-order valence-corrected chi connectivity index (χ3v) is 6.75. The molecule has 3 heterocycles. The van der Waals surface area contributed by atoms with E-state index in [1.54, 1.807) is 22.2 Å².